The van der Waals surface area contributed by atoms with Gasteiger partial charge in [-0.05, 0) is 37.9 Å². The second-order valence-corrected chi connectivity index (χ2v) is 5.67. The monoisotopic (exact) mass is 288 g/mol. The van der Waals surface area contributed by atoms with Crippen LogP contribution in [-0.4, -0.2) is 29.8 Å². The number of aliphatic hydroxyl groups excluding tert-OH is 1. The van der Waals surface area contributed by atoms with Gasteiger partial charge in [0.15, 0.2) is 0 Å². The Labute approximate surface area is 126 Å². The molecule has 0 amide bonds. The first kappa shape index (κ1) is 15.7. The smallest absolute Gasteiger partial charge is 0.218 e. The summed E-state index contributed by atoms with van der Waals surface area (Å²) in [5.74, 6) is 1.11. The number of fused-ring (bicyclic) bond motifs is 1. The lowest BCUT2D eigenvalue weighted by atomic mass is 10.0. The highest BCUT2D eigenvalue weighted by Gasteiger charge is 2.09. The van der Waals surface area contributed by atoms with E-state index in [0.717, 1.165) is 29.4 Å². The van der Waals surface area contributed by atoms with Crippen molar-refractivity contribution in [3.05, 3.63) is 35.9 Å². The van der Waals surface area contributed by atoms with E-state index in [-0.39, 0.29) is 6.10 Å². The fourth-order valence-electron chi connectivity index (χ4n) is 2.56. The maximum absolute atomic E-state index is 9.38. The third-order valence-electron chi connectivity index (χ3n) is 3.51. The van der Waals surface area contributed by atoms with Crippen LogP contribution in [-0.2, 0) is 6.54 Å². The van der Waals surface area contributed by atoms with E-state index in [1.165, 1.54) is 0 Å². The molecule has 2 rings (SSSR count). The Morgan fingerprint density at radius 1 is 1.29 bits per heavy atom. The van der Waals surface area contributed by atoms with Gasteiger partial charge in [-0.1, -0.05) is 25.1 Å². The molecule has 4 nitrogen and oxygen atoms in total. The first-order valence-corrected chi connectivity index (χ1v) is 7.41. The molecule has 0 aliphatic heterocycles. The van der Waals surface area contributed by atoms with E-state index >= 15 is 0 Å². The summed E-state index contributed by atoms with van der Waals surface area (Å²) in [6.45, 7) is 5.54. The lowest BCUT2D eigenvalue weighted by Gasteiger charge is -2.15. The molecule has 0 saturated carbocycles. The van der Waals surface area contributed by atoms with Crippen molar-refractivity contribution in [2.24, 2.45) is 5.92 Å². The standard InChI is InChI=1S/C17H24N2O2/c1-12(8-13(2)20)10-18-11-15-9-14-6-4-5-7-16(14)19-17(15)21-3/h4-7,9,12-13,18,20H,8,10-11H2,1-3H3. The molecule has 2 N–H and O–H groups in total. The zero-order chi connectivity index (χ0) is 15.2. The molecule has 0 bridgehead atoms. The highest BCUT2D eigenvalue weighted by atomic mass is 16.5. The molecular formula is C17H24N2O2. The largest absolute Gasteiger partial charge is 0.481 e. The molecule has 0 spiro atoms. The van der Waals surface area contributed by atoms with Crippen molar-refractivity contribution in [1.82, 2.24) is 10.3 Å². The average Bonchev–Trinajstić information content (AvgIpc) is 2.45. The Balaban J connectivity index is 2.03. The van der Waals surface area contributed by atoms with Crippen molar-refractivity contribution in [3.8, 4) is 5.88 Å². The van der Waals surface area contributed by atoms with Gasteiger partial charge in [0.2, 0.25) is 5.88 Å². The van der Waals surface area contributed by atoms with Crippen LogP contribution < -0.4 is 10.1 Å². The molecule has 0 saturated heterocycles. The van der Waals surface area contributed by atoms with Gasteiger partial charge < -0.3 is 15.2 Å². The molecule has 2 unspecified atom stereocenters. The van der Waals surface area contributed by atoms with Gasteiger partial charge >= 0.3 is 0 Å². The Kier molecular flexibility index (Phi) is 5.53. The summed E-state index contributed by atoms with van der Waals surface area (Å²) in [7, 11) is 1.65. The number of nitrogens with zero attached hydrogens (tertiary/aromatic N) is 1. The van der Waals surface area contributed by atoms with Gasteiger partial charge in [-0.25, -0.2) is 4.98 Å². The number of para-hydroxylation sites is 1. The lowest BCUT2D eigenvalue weighted by Crippen LogP contribution is -2.23. The number of ether oxygens (including phenoxy) is 1. The Morgan fingerprint density at radius 3 is 2.76 bits per heavy atom. The fraction of sp³-hybridized carbons (Fsp3) is 0.471. The van der Waals surface area contributed by atoms with Crippen LogP contribution in [0, 0.1) is 5.92 Å². The molecule has 0 aliphatic carbocycles. The molecule has 0 radical (unpaired) electrons. The molecule has 2 atom stereocenters. The van der Waals surface area contributed by atoms with Crippen molar-refractivity contribution in [2.45, 2.75) is 32.9 Å². The van der Waals surface area contributed by atoms with E-state index < -0.39 is 0 Å². The summed E-state index contributed by atoms with van der Waals surface area (Å²) in [6.07, 6.45) is 0.554. The van der Waals surface area contributed by atoms with E-state index in [0.29, 0.717) is 18.3 Å². The summed E-state index contributed by atoms with van der Waals surface area (Å²) in [4.78, 5) is 4.54. The zero-order valence-corrected chi connectivity index (χ0v) is 13.0. The third-order valence-corrected chi connectivity index (χ3v) is 3.51. The Hall–Kier alpha value is -1.65. The maximum Gasteiger partial charge on any atom is 0.218 e. The predicted molar refractivity (Wildman–Crippen MR) is 85.5 cm³/mol. The first-order chi connectivity index (χ1) is 10.1. The lowest BCUT2D eigenvalue weighted by molar-refractivity contribution is 0.163. The van der Waals surface area contributed by atoms with E-state index in [4.69, 9.17) is 4.74 Å². The van der Waals surface area contributed by atoms with Gasteiger partial charge in [0, 0.05) is 17.5 Å². The van der Waals surface area contributed by atoms with Crippen LogP contribution >= 0.6 is 0 Å². The number of aliphatic hydroxyl groups is 1. The Morgan fingerprint density at radius 2 is 2.05 bits per heavy atom. The van der Waals surface area contributed by atoms with Crippen LogP contribution in [0.2, 0.25) is 0 Å². The van der Waals surface area contributed by atoms with Crippen molar-refractivity contribution in [3.63, 3.8) is 0 Å². The van der Waals surface area contributed by atoms with Crippen molar-refractivity contribution in [1.29, 1.82) is 0 Å². The zero-order valence-electron chi connectivity index (χ0n) is 13.0. The number of aromatic nitrogens is 1. The fourth-order valence-corrected chi connectivity index (χ4v) is 2.56. The molecule has 4 heteroatoms. The number of hydrogen-bond donors (Lipinski definition) is 2. The summed E-state index contributed by atoms with van der Waals surface area (Å²) in [5, 5.41) is 13.9. The molecule has 0 fully saturated rings. The number of rotatable bonds is 7. The third kappa shape index (κ3) is 4.41. The number of methoxy groups -OCH3 is 1. The van der Waals surface area contributed by atoms with Crippen LogP contribution in [0.4, 0.5) is 0 Å². The number of nitrogens with one attached hydrogen (secondary N) is 1. The quantitative estimate of drug-likeness (QED) is 0.822. The second-order valence-electron chi connectivity index (χ2n) is 5.67. The van der Waals surface area contributed by atoms with Gasteiger partial charge in [-0.2, -0.15) is 0 Å². The van der Waals surface area contributed by atoms with Crippen molar-refractivity contribution >= 4 is 10.9 Å². The van der Waals surface area contributed by atoms with E-state index in [9.17, 15) is 5.11 Å². The van der Waals surface area contributed by atoms with Crippen LogP contribution in [0.15, 0.2) is 30.3 Å². The van der Waals surface area contributed by atoms with E-state index in [1.807, 2.05) is 25.1 Å². The minimum atomic E-state index is -0.251. The molecule has 2 aromatic rings. The average molecular weight is 288 g/mol. The molecule has 0 aliphatic rings. The minimum Gasteiger partial charge on any atom is -0.481 e. The number of pyridine rings is 1. The van der Waals surface area contributed by atoms with Gasteiger partial charge in [-0.15, -0.1) is 0 Å². The molecule has 1 heterocycles. The topological polar surface area (TPSA) is 54.4 Å². The van der Waals surface area contributed by atoms with Crippen molar-refractivity contribution in [2.75, 3.05) is 13.7 Å². The second kappa shape index (κ2) is 7.38. The van der Waals surface area contributed by atoms with Gasteiger partial charge in [0.1, 0.15) is 0 Å². The molecule has 1 aromatic carbocycles. The summed E-state index contributed by atoms with van der Waals surface area (Å²) >= 11 is 0. The van der Waals surface area contributed by atoms with E-state index in [2.05, 4.69) is 29.4 Å². The van der Waals surface area contributed by atoms with Gasteiger partial charge in [0.25, 0.3) is 0 Å². The van der Waals surface area contributed by atoms with E-state index in [1.54, 1.807) is 7.11 Å². The normalized spacial score (nSPS) is 14.1. The number of hydrogen-bond acceptors (Lipinski definition) is 4. The molecule has 1 aromatic heterocycles. The maximum atomic E-state index is 9.38. The summed E-state index contributed by atoms with van der Waals surface area (Å²) < 4.78 is 5.38. The first-order valence-electron chi connectivity index (χ1n) is 7.41. The minimum absolute atomic E-state index is 0.251. The predicted octanol–water partition coefficient (Wildman–Crippen LogP) is 2.74. The highest BCUT2D eigenvalue weighted by molar-refractivity contribution is 5.80. The van der Waals surface area contributed by atoms with Gasteiger partial charge in [0.05, 0.1) is 18.7 Å². The van der Waals surface area contributed by atoms with Crippen molar-refractivity contribution < 1.29 is 9.84 Å². The molecule has 114 valence electrons. The van der Waals surface area contributed by atoms with Gasteiger partial charge in [-0.3, -0.25) is 0 Å². The van der Waals surface area contributed by atoms with Crippen LogP contribution in [0.5, 0.6) is 5.88 Å². The summed E-state index contributed by atoms with van der Waals surface area (Å²) in [6, 6.07) is 10.2. The number of benzene rings is 1. The SMILES string of the molecule is COc1nc2ccccc2cc1CNCC(C)CC(C)O. The Bertz CT molecular complexity index is 584. The summed E-state index contributed by atoms with van der Waals surface area (Å²) in [5.41, 5.74) is 2.00. The molecule has 21 heavy (non-hydrogen) atoms. The van der Waals surface area contributed by atoms with Crippen LogP contribution in [0.1, 0.15) is 25.8 Å². The van der Waals surface area contributed by atoms with Crippen LogP contribution in [0.3, 0.4) is 0 Å². The molecular weight excluding hydrogens is 264 g/mol. The van der Waals surface area contributed by atoms with Crippen LogP contribution in [0.25, 0.3) is 10.9 Å². The highest BCUT2D eigenvalue weighted by Crippen LogP contribution is 2.22.